The normalized spacial score (nSPS) is 10.3. The molecule has 100 valence electrons. The fraction of sp³-hybridized carbons (Fsp3) is 0.231. The third-order valence-corrected chi connectivity index (χ3v) is 3.49. The second-order valence-corrected chi connectivity index (χ2v) is 5.30. The van der Waals surface area contributed by atoms with E-state index in [0.717, 1.165) is 16.3 Å². The monoisotopic (exact) mass is 276 g/mol. The molecule has 5 nitrogen and oxygen atoms in total. The molecule has 0 aliphatic heterocycles. The maximum Gasteiger partial charge on any atom is 0.253 e. The molecule has 1 aromatic carbocycles. The standard InChI is InChI=1S/C13H16N4OS/c1-8-3-4-12(17-14)11(5-8)13(18)15-6-10-7-19-9(2)16-10/h3-5,7,17H,6,14H2,1-2H3,(H,15,18). The Bertz CT molecular complexity index is 594. The number of benzene rings is 1. The van der Waals surface area contributed by atoms with E-state index in [2.05, 4.69) is 15.7 Å². The van der Waals surface area contributed by atoms with Gasteiger partial charge in [-0.15, -0.1) is 11.3 Å². The molecular formula is C13H16N4OS. The van der Waals surface area contributed by atoms with Crippen LogP contribution in [0, 0.1) is 13.8 Å². The molecule has 2 rings (SSSR count). The van der Waals surface area contributed by atoms with Crippen molar-refractivity contribution in [2.75, 3.05) is 5.43 Å². The predicted octanol–water partition coefficient (Wildman–Crippen LogP) is 1.98. The summed E-state index contributed by atoms with van der Waals surface area (Å²) in [6.45, 7) is 4.29. The van der Waals surface area contributed by atoms with Crippen LogP contribution in [0.3, 0.4) is 0 Å². The van der Waals surface area contributed by atoms with Gasteiger partial charge in [-0.25, -0.2) is 4.98 Å². The number of aromatic nitrogens is 1. The molecule has 0 spiro atoms. The average molecular weight is 276 g/mol. The molecule has 1 amide bonds. The van der Waals surface area contributed by atoms with Crippen LogP contribution in [0.5, 0.6) is 0 Å². The number of thiazole rings is 1. The van der Waals surface area contributed by atoms with Crippen LogP contribution in [0.4, 0.5) is 5.69 Å². The predicted molar refractivity (Wildman–Crippen MR) is 77.0 cm³/mol. The maximum absolute atomic E-state index is 12.1. The minimum absolute atomic E-state index is 0.165. The fourth-order valence-electron chi connectivity index (χ4n) is 1.73. The molecule has 0 aliphatic rings. The SMILES string of the molecule is Cc1ccc(NN)c(C(=O)NCc2csc(C)n2)c1. The van der Waals surface area contributed by atoms with Gasteiger partial charge in [0.15, 0.2) is 0 Å². The second-order valence-electron chi connectivity index (χ2n) is 4.23. The number of hydrazine groups is 1. The number of amides is 1. The number of hydrogen-bond donors (Lipinski definition) is 3. The zero-order chi connectivity index (χ0) is 13.8. The van der Waals surface area contributed by atoms with Crippen LogP contribution in [0.1, 0.15) is 26.6 Å². The molecule has 0 aliphatic carbocycles. The molecule has 0 saturated carbocycles. The van der Waals surface area contributed by atoms with Crippen LogP contribution in [0.15, 0.2) is 23.6 Å². The highest BCUT2D eigenvalue weighted by atomic mass is 32.1. The summed E-state index contributed by atoms with van der Waals surface area (Å²) in [6.07, 6.45) is 0. The van der Waals surface area contributed by atoms with Gasteiger partial charge in [-0.2, -0.15) is 0 Å². The number of nitrogens with zero attached hydrogens (tertiary/aromatic N) is 1. The Labute approximate surface area is 115 Å². The average Bonchev–Trinajstić information content (AvgIpc) is 2.81. The third kappa shape index (κ3) is 3.30. The van der Waals surface area contributed by atoms with Crippen molar-refractivity contribution in [3.63, 3.8) is 0 Å². The zero-order valence-electron chi connectivity index (χ0n) is 10.9. The van der Waals surface area contributed by atoms with Gasteiger partial charge in [0.2, 0.25) is 0 Å². The third-order valence-electron chi connectivity index (χ3n) is 2.67. The van der Waals surface area contributed by atoms with Gasteiger partial charge in [-0.3, -0.25) is 10.6 Å². The summed E-state index contributed by atoms with van der Waals surface area (Å²) in [5.41, 5.74) is 5.55. The highest BCUT2D eigenvalue weighted by Crippen LogP contribution is 2.16. The van der Waals surface area contributed by atoms with E-state index in [-0.39, 0.29) is 5.91 Å². The molecule has 1 aromatic heterocycles. The van der Waals surface area contributed by atoms with E-state index in [0.29, 0.717) is 17.8 Å². The Morgan fingerprint density at radius 3 is 2.84 bits per heavy atom. The number of nitrogens with two attached hydrogens (primary N) is 1. The van der Waals surface area contributed by atoms with Crippen LogP contribution in [-0.2, 0) is 6.54 Å². The van der Waals surface area contributed by atoms with Crippen molar-refractivity contribution in [2.24, 2.45) is 5.84 Å². The van der Waals surface area contributed by atoms with Crippen molar-refractivity contribution < 1.29 is 4.79 Å². The molecule has 4 N–H and O–H groups in total. The van der Waals surface area contributed by atoms with Gasteiger partial charge in [-0.1, -0.05) is 11.6 Å². The fourth-order valence-corrected chi connectivity index (χ4v) is 2.34. The molecule has 19 heavy (non-hydrogen) atoms. The lowest BCUT2D eigenvalue weighted by Gasteiger charge is -2.09. The number of carbonyl (C=O) groups is 1. The molecular weight excluding hydrogens is 260 g/mol. The van der Waals surface area contributed by atoms with Crippen molar-refractivity contribution >= 4 is 22.9 Å². The van der Waals surface area contributed by atoms with Crippen LogP contribution in [-0.4, -0.2) is 10.9 Å². The first-order valence-electron chi connectivity index (χ1n) is 5.86. The second kappa shape index (κ2) is 5.81. The van der Waals surface area contributed by atoms with Crippen molar-refractivity contribution in [1.82, 2.24) is 10.3 Å². The summed E-state index contributed by atoms with van der Waals surface area (Å²) in [5, 5.41) is 5.77. The zero-order valence-corrected chi connectivity index (χ0v) is 11.7. The largest absolute Gasteiger partial charge is 0.346 e. The lowest BCUT2D eigenvalue weighted by atomic mass is 10.1. The molecule has 0 unspecified atom stereocenters. The highest BCUT2D eigenvalue weighted by Gasteiger charge is 2.11. The lowest BCUT2D eigenvalue weighted by Crippen LogP contribution is -2.25. The van der Waals surface area contributed by atoms with E-state index in [1.54, 1.807) is 23.5 Å². The Kier molecular flexibility index (Phi) is 4.13. The van der Waals surface area contributed by atoms with E-state index in [9.17, 15) is 4.79 Å². The van der Waals surface area contributed by atoms with E-state index < -0.39 is 0 Å². The molecule has 0 radical (unpaired) electrons. The van der Waals surface area contributed by atoms with Gasteiger partial charge in [0.05, 0.1) is 28.5 Å². The van der Waals surface area contributed by atoms with Crippen molar-refractivity contribution in [3.05, 3.63) is 45.4 Å². The molecule has 0 atom stereocenters. The number of nitrogen functional groups attached to an aromatic ring is 1. The first-order valence-corrected chi connectivity index (χ1v) is 6.74. The van der Waals surface area contributed by atoms with E-state index >= 15 is 0 Å². The molecule has 2 aromatic rings. The van der Waals surface area contributed by atoms with E-state index in [1.807, 2.05) is 25.3 Å². The molecule has 0 bridgehead atoms. The summed E-state index contributed by atoms with van der Waals surface area (Å²) in [7, 11) is 0. The summed E-state index contributed by atoms with van der Waals surface area (Å²) in [4.78, 5) is 16.4. The molecule has 1 heterocycles. The van der Waals surface area contributed by atoms with Crippen LogP contribution in [0.2, 0.25) is 0 Å². The van der Waals surface area contributed by atoms with E-state index in [4.69, 9.17) is 5.84 Å². The maximum atomic E-state index is 12.1. The van der Waals surface area contributed by atoms with Gasteiger partial charge in [0.1, 0.15) is 0 Å². The molecule has 6 heteroatoms. The number of rotatable bonds is 4. The first-order chi connectivity index (χ1) is 9.10. The van der Waals surface area contributed by atoms with Crippen molar-refractivity contribution in [2.45, 2.75) is 20.4 Å². The molecule has 0 saturated heterocycles. The Balaban J connectivity index is 2.09. The topological polar surface area (TPSA) is 80.0 Å². The van der Waals surface area contributed by atoms with Gasteiger partial charge >= 0.3 is 0 Å². The van der Waals surface area contributed by atoms with Gasteiger partial charge < -0.3 is 10.7 Å². The summed E-state index contributed by atoms with van der Waals surface area (Å²) in [6, 6.07) is 5.49. The number of aryl methyl sites for hydroxylation is 2. The minimum atomic E-state index is -0.165. The van der Waals surface area contributed by atoms with Crippen molar-refractivity contribution in [1.29, 1.82) is 0 Å². The first kappa shape index (κ1) is 13.5. The van der Waals surface area contributed by atoms with Gasteiger partial charge in [0.25, 0.3) is 5.91 Å². The Hall–Kier alpha value is -1.92. The number of anilines is 1. The smallest absolute Gasteiger partial charge is 0.253 e. The van der Waals surface area contributed by atoms with Crippen LogP contribution < -0.4 is 16.6 Å². The quantitative estimate of drug-likeness (QED) is 0.589. The van der Waals surface area contributed by atoms with Gasteiger partial charge in [-0.05, 0) is 26.0 Å². The minimum Gasteiger partial charge on any atom is -0.346 e. The highest BCUT2D eigenvalue weighted by molar-refractivity contribution is 7.09. The Morgan fingerprint density at radius 2 is 2.21 bits per heavy atom. The van der Waals surface area contributed by atoms with E-state index in [1.165, 1.54) is 0 Å². The van der Waals surface area contributed by atoms with Crippen LogP contribution in [0.25, 0.3) is 0 Å². The number of carbonyl (C=O) groups excluding carboxylic acids is 1. The summed E-state index contributed by atoms with van der Waals surface area (Å²) < 4.78 is 0. The Morgan fingerprint density at radius 1 is 1.42 bits per heavy atom. The van der Waals surface area contributed by atoms with Crippen LogP contribution >= 0.6 is 11.3 Å². The number of hydrogen-bond acceptors (Lipinski definition) is 5. The summed E-state index contributed by atoms with van der Waals surface area (Å²) >= 11 is 1.57. The lowest BCUT2D eigenvalue weighted by molar-refractivity contribution is 0.0951. The van der Waals surface area contributed by atoms with Crippen molar-refractivity contribution in [3.8, 4) is 0 Å². The molecule has 0 fully saturated rings. The summed E-state index contributed by atoms with van der Waals surface area (Å²) in [5.74, 6) is 5.24. The van der Waals surface area contributed by atoms with Gasteiger partial charge in [0, 0.05) is 5.38 Å². The number of nitrogens with one attached hydrogen (secondary N) is 2.